The Labute approximate surface area is 184 Å². The van der Waals surface area contributed by atoms with Crippen LogP contribution in [0.4, 0.5) is 4.79 Å². The van der Waals surface area contributed by atoms with Crippen LogP contribution < -0.4 is 0 Å². The fourth-order valence-electron chi connectivity index (χ4n) is 4.78. The van der Waals surface area contributed by atoms with E-state index < -0.39 is 12.1 Å². The first-order valence-corrected chi connectivity index (χ1v) is 11.3. The zero-order valence-electron chi connectivity index (χ0n) is 18.1. The number of carbonyl (C=O) groups excluding carboxylic acids is 2. The molecule has 1 saturated heterocycles. The maximum absolute atomic E-state index is 12.7. The van der Waals surface area contributed by atoms with Gasteiger partial charge in [-0.1, -0.05) is 60.7 Å². The van der Waals surface area contributed by atoms with Crippen LogP contribution in [0.25, 0.3) is 0 Å². The zero-order valence-corrected chi connectivity index (χ0v) is 18.1. The molecular formula is C26H31NO4. The van der Waals surface area contributed by atoms with E-state index in [1.807, 2.05) is 37.3 Å². The van der Waals surface area contributed by atoms with Gasteiger partial charge in [-0.05, 0) is 49.7 Å². The van der Waals surface area contributed by atoms with E-state index in [1.165, 1.54) is 5.56 Å². The largest absolute Gasteiger partial charge is 0.445 e. The van der Waals surface area contributed by atoms with Crippen LogP contribution in [0, 0.1) is 0 Å². The first-order chi connectivity index (χ1) is 15.1. The van der Waals surface area contributed by atoms with Gasteiger partial charge in [-0.25, -0.2) is 4.79 Å². The quantitative estimate of drug-likeness (QED) is 0.651. The van der Waals surface area contributed by atoms with E-state index in [9.17, 15) is 9.59 Å². The average Bonchev–Trinajstić information content (AvgIpc) is 3.10. The van der Waals surface area contributed by atoms with Gasteiger partial charge in [0.15, 0.2) is 5.78 Å². The molecule has 31 heavy (non-hydrogen) atoms. The van der Waals surface area contributed by atoms with Gasteiger partial charge in [-0.3, -0.25) is 9.69 Å². The van der Waals surface area contributed by atoms with E-state index in [-0.39, 0.29) is 31.1 Å². The maximum atomic E-state index is 12.7. The van der Waals surface area contributed by atoms with E-state index in [1.54, 1.807) is 4.90 Å². The van der Waals surface area contributed by atoms with Crippen molar-refractivity contribution in [3.05, 3.63) is 71.8 Å². The molecule has 5 nitrogen and oxygen atoms in total. The van der Waals surface area contributed by atoms with E-state index in [0.29, 0.717) is 12.3 Å². The lowest BCUT2D eigenvalue weighted by Gasteiger charge is -2.31. The molecule has 0 unspecified atom stereocenters. The third-order valence-corrected chi connectivity index (χ3v) is 6.53. The van der Waals surface area contributed by atoms with Crippen LogP contribution >= 0.6 is 0 Å². The third kappa shape index (κ3) is 5.34. The first kappa shape index (κ1) is 21.6. The molecule has 2 aromatic rings. The van der Waals surface area contributed by atoms with Gasteiger partial charge in [0.25, 0.3) is 0 Å². The van der Waals surface area contributed by atoms with Crippen molar-refractivity contribution in [3.8, 4) is 0 Å². The molecular weight excluding hydrogens is 390 g/mol. The monoisotopic (exact) mass is 421 g/mol. The van der Waals surface area contributed by atoms with Gasteiger partial charge in [-0.2, -0.15) is 0 Å². The Morgan fingerprint density at radius 3 is 2.29 bits per heavy atom. The van der Waals surface area contributed by atoms with Crippen molar-refractivity contribution in [2.75, 3.05) is 6.61 Å². The van der Waals surface area contributed by atoms with Crippen molar-refractivity contribution < 1.29 is 19.1 Å². The highest BCUT2D eigenvalue weighted by atomic mass is 16.6. The molecule has 0 radical (unpaired) electrons. The maximum Gasteiger partial charge on any atom is 0.411 e. The summed E-state index contributed by atoms with van der Waals surface area (Å²) in [7, 11) is 0. The van der Waals surface area contributed by atoms with Crippen LogP contribution in [0.3, 0.4) is 0 Å². The molecule has 164 valence electrons. The molecule has 2 fully saturated rings. The van der Waals surface area contributed by atoms with Crippen LogP contribution in [-0.2, 0) is 20.9 Å². The molecule has 2 atom stereocenters. The van der Waals surface area contributed by atoms with E-state index in [0.717, 1.165) is 31.2 Å². The van der Waals surface area contributed by atoms with Crippen molar-refractivity contribution in [2.45, 2.75) is 69.7 Å². The van der Waals surface area contributed by atoms with Gasteiger partial charge < -0.3 is 9.47 Å². The average molecular weight is 422 g/mol. The summed E-state index contributed by atoms with van der Waals surface area (Å²) in [5.74, 6) is 0.640. The zero-order chi connectivity index (χ0) is 21.6. The topological polar surface area (TPSA) is 55.8 Å². The summed E-state index contributed by atoms with van der Waals surface area (Å²) in [5.41, 5.74) is 2.32. The molecule has 1 amide bonds. The normalized spacial score (nSPS) is 26.1. The van der Waals surface area contributed by atoms with Crippen molar-refractivity contribution in [1.82, 2.24) is 4.90 Å². The third-order valence-electron chi connectivity index (χ3n) is 6.53. The number of likely N-dealkylation sites (tertiary alicyclic amines) is 1. The molecule has 4 rings (SSSR count). The fraction of sp³-hybridized carbons (Fsp3) is 0.462. The van der Waals surface area contributed by atoms with Crippen LogP contribution in [0.5, 0.6) is 0 Å². The van der Waals surface area contributed by atoms with Gasteiger partial charge in [0, 0.05) is 12.5 Å². The molecule has 0 bridgehead atoms. The summed E-state index contributed by atoms with van der Waals surface area (Å²) in [6.45, 7) is 2.35. The highest BCUT2D eigenvalue weighted by Crippen LogP contribution is 2.34. The second-order valence-corrected chi connectivity index (χ2v) is 8.70. The number of ether oxygens (including phenoxy) is 2. The summed E-state index contributed by atoms with van der Waals surface area (Å²) in [6, 6.07) is 19.5. The number of carbonyl (C=O) groups is 2. The first-order valence-electron chi connectivity index (χ1n) is 11.3. The Bertz CT molecular complexity index is 861. The summed E-state index contributed by atoms with van der Waals surface area (Å²) in [4.78, 5) is 26.9. The molecule has 1 heterocycles. The van der Waals surface area contributed by atoms with E-state index >= 15 is 0 Å². The number of benzene rings is 2. The highest BCUT2D eigenvalue weighted by molar-refractivity contribution is 5.91. The molecule has 1 aliphatic heterocycles. The summed E-state index contributed by atoms with van der Waals surface area (Å²) >= 11 is 0. The molecule has 1 aliphatic carbocycles. The van der Waals surface area contributed by atoms with Crippen LogP contribution in [-0.4, -0.2) is 41.6 Å². The Morgan fingerprint density at radius 1 is 0.968 bits per heavy atom. The number of Topliss-reactive ketones (excluding diaryl/α,β-unsaturated/α-hetero) is 1. The van der Waals surface area contributed by atoms with E-state index in [2.05, 4.69) is 30.3 Å². The number of hydrogen-bond acceptors (Lipinski definition) is 4. The molecule has 0 aromatic heterocycles. The minimum Gasteiger partial charge on any atom is -0.445 e. The van der Waals surface area contributed by atoms with Gasteiger partial charge in [0.05, 0.1) is 12.7 Å². The molecule has 0 spiro atoms. The van der Waals surface area contributed by atoms with Crippen LogP contribution in [0.2, 0.25) is 0 Å². The standard InChI is InChI=1S/C26H31NO4/c1-19-16-25(28)24(27(19)26(29)31-17-20-8-4-2-5-9-20)18-30-23-14-12-22(13-15-23)21-10-6-3-7-11-21/h2-11,19,22-24H,12-18H2,1H3/t19-,22?,23?,24-/m1/s1. The Morgan fingerprint density at radius 2 is 1.61 bits per heavy atom. The minimum absolute atomic E-state index is 0.0575. The summed E-state index contributed by atoms with van der Waals surface area (Å²) in [5, 5.41) is 0. The molecule has 1 saturated carbocycles. The lowest BCUT2D eigenvalue weighted by molar-refractivity contribution is -0.122. The van der Waals surface area contributed by atoms with Crippen LogP contribution in [0.15, 0.2) is 60.7 Å². The van der Waals surface area contributed by atoms with E-state index in [4.69, 9.17) is 9.47 Å². The van der Waals surface area contributed by atoms with Crippen LogP contribution in [0.1, 0.15) is 56.1 Å². The number of rotatable bonds is 6. The van der Waals surface area contributed by atoms with Gasteiger partial charge >= 0.3 is 6.09 Å². The van der Waals surface area contributed by atoms with Crippen molar-refractivity contribution >= 4 is 11.9 Å². The predicted octanol–water partition coefficient (Wildman–Crippen LogP) is 5.10. The second-order valence-electron chi connectivity index (χ2n) is 8.70. The second kappa shape index (κ2) is 10.1. The fourth-order valence-corrected chi connectivity index (χ4v) is 4.78. The minimum atomic E-state index is -0.551. The molecule has 0 N–H and O–H groups in total. The molecule has 5 heteroatoms. The molecule has 2 aromatic carbocycles. The van der Waals surface area contributed by atoms with Gasteiger partial charge in [0.2, 0.25) is 0 Å². The van der Waals surface area contributed by atoms with Crippen molar-refractivity contribution in [3.63, 3.8) is 0 Å². The Hall–Kier alpha value is -2.66. The predicted molar refractivity (Wildman–Crippen MR) is 119 cm³/mol. The number of amides is 1. The summed E-state index contributed by atoms with van der Waals surface area (Å²) in [6.07, 6.45) is 4.20. The van der Waals surface area contributed by atoms with Gasteiger partial charge in [0.1, 0.15) is 12.6 Å². The lowest BCUT2D eigenvalue weighted by Crippen LogP contribution is -2.45. The molecule has 2 aliphatic rings. The van der Waals surface area contributed by atoms with Crippen molar-refractivity contribution in [1.29, 1.82) is 0 Å². The number of hydrogen-bond donors (Lipinski definition) is 0. The lowest BCUT2D eigenvalue weighted by atomic mass is 9.83. The highest BCUT2D eigenvalue weighted by Gasteiger charge is 2.42. The van der Waals surface area contributed by atoms with Crippen molar-refractivity contribution in [2.24, 2.45) is 0 Å². The Balaban J connectivity index is 1.28. The smallest absolute Gasteiger partial charge is 0.411 e. The van der Waals surface area contributed by atoms with Gasteiger partial charge in [-0.15, -0.1) is 0 Å². The SMILES string of the molecule is C[C@@H]1CC(=O)[C@@H](COC2CCC(c3ccccc3)CC2)N1C(=O)OCc1ccccc1. The number of nitrogens with zero attached hydrogens (tertiary/aromatic N) is 1. The summed E-state index contributed by atoms with van der Waals surface area (Å²) < 4.78 is 11.6. The number of ketones is 1. The Kier molecular flexibility index (Phi) is 7.03.